The predicted molar refractivity (Wildman–Crippen MR) is 275 cm³/mol. The van der Waals surface area contributed by atoms with Crippen molar-refractivity contribution in [2.45, 2.75) is 19.3 Å². The Bertz CT molecular complexity index is 3820. The molecule has 10 aromatic carbocycles. The summed E-state index contributed by atoms with van der Waals surface area (Å²) in [6.07, 6.45) is 0. The van der Waals surface area contributed by atoms with Gasteiger partial charge in [0.05, 0.1) is 0 Å². The molecule has 0 amide bonds. The lowest BCUT2D eigenvalue weighted by Crippen LogP contribution is -2.16. The van der Waals surface area contributed by atoms with Crippen molar-refractivity contribution < 1.29 is 8.83 Å². The van der Waals surface area contributed by atoms with Crippen molar-refractivity contribution in [2.24, 2.45) is 0 Å². The molecule has 0 fully saturated rings. The topological polar surface area (TPSA) is 29.5 Å². The molecule has 12 aromatic rings. The van der Waals surface area contributed by atoms with Gasteiger partial charge >= 0.3 is 0 Å². The van der Waals surface area contributed by atoms with Crippen LogP contribution in [0.5, 0.6) is 0 Å². The van der Waals surface area contributed by atoms with E-state index in [2.05, 4.69) is 231 Å². The van der Waals surface area contributed by atoms with Gasteiger partial charge in [-0.1, -0.05) is 172 Å². The quantitative estimate of drug-likeness (QED) is 0.160. The summed E-state index contributed by atoms with van der Waals surface area (Å²) in [7, 11) is 0. The van der Waals surface area contributed by atoms with Gasteiger partial charge in [-0.3, -0.25) is 0 Å². The monoisotopic (exact) mass is 845 g/mol. The van der Waals surface area contributed by atoms with Crippen molar-refractivity contribution in [2.75, 3.05) is 4.90 Å². The standard InChI is InChI=1S/C63H43NO2/c1-63(2)55-22-11-9-20-50(55)51-34-33-49(38-56(51)63)64(47-29-24-42(25-30-47)40-14-5-3-6-15-40)48-31-26-43(27-32-48)45-28-35-58-53(37-45)54-39-59-61(52-21-10-12-23-57(52)65-59)60(62(54)66-58)46-19-13-18-44(36-46)41-16-7-4-8-17-41/h3-39H,1-2H3. The molecule has 1 aliphatic carbocycles. The van der Waals surface area contributed by atoms with Crippen LogP contribution in [0.2, 0.25) is 0 Å². The number of furan rings is 2. The zero-order valence-corrected chi connectivity index (χ0v) is 36.6. The van der Waals surface area contributed by atoms with Crippen LogP contribution in [0.4, 0.5) is 17.1 Å². The van der Waals surface area contributed by atoms with E-state index in [-0.39, 0.29) is 5.41 Å². The number of hydrogen-bond donors (Lipinski definition) is 0. The molecule has 0 atom stereocenters. The number of rotatable bonds is 7. The molecular formula is C63H43NO2. The Morgan fingerprint density at radius 1 is 0.333 bits per heavy atom. The van der Waals surface area contributed by atoms with Gasteiger partial charge in [0.2, 0.25) is 0 Å². The fourth-order valence-corrected chi connectivity index (χ4v) is 10.6. The minimum Gasteiger partial charge on any atom is -0.456 e. The molecule has 13 rings (SSSR count). The maximum atomic E-state index is 6.90. The van der Waals surface area contributed by atoms with Gasteiger partial charge in [0.1, 0.15) is 22.3 Å². The zero-order chi connectivity index (χ0) is 43.9. The molecule has 0 aliphatic heterocycles. The Balaban J connectivity index is 0.925. The van der Waals surface area contributed by atoms with Gasteiger partial charge in [-0.05, 0) is 128 Å². The minimum absolute atomic E-state index is 0.117. The summed E-state index contributed by atoms with van der Waals surface area (Å²) < 4.78 is 13.5. The Morgan fingerprint density at radius 3 is 1.64 bits per heavy atom. The smallest absolute Gasteiger partial charge is 0.144 e. The highest BCUT2D eigenvalue weighted by molar-refractivity contribution is 6.23. The maximum absolute atomic E-state index is 6.90. The van der Waals surface area contributed by atoms with Crippen LogP contribution in [0.3, 0.4) is 0 Å². The molecule has 0 saturated heterocycles. The first-order valence-corrected chi connectivity index (χ1v) is 22.7. The van der Waals surface area contributed by atoms with Crippen molar-refractivity contribution in [3.8, 4) is 55.6 Å². The summed E-state index contributed by atoms with van der Waals surface area (Å²) in [5.74, 6) is 0. The van der Waals surface area contributed by atoms with Crippen molar-refractivity contribution in [1.82, 2.24) is 0 Å². The number of anilines is 3. The van der Waals surface area contributed by atoms with E-state index in [0.717, 1.165) is 88.8 Å². The SMILES string of the molecule is CC1(C)c2ccccc2-c2ccc(N(c3ccc(-c4ccccc4)cc3)c3ccc(-c4ccc5oc6c(-c7cccc(-c8ccccc8)c7)c7c(cc6c5c4)oc4ccccc47)cc3)cc21. The van der Waals surface area contributed by atoms with Gasteiger partial charge in [-0.2, -0.15) is 0 Å². The van der Waals surface area contributed by atoms with E-state index in [1.165, 1.54) is 38.9 Å². The molecule has 0 unspecified atom stereocenters. The van der Waals surface area contributed by atoms with E-state index in [1.54, 1.807) is 0 Å². The number of para-hydroxylation sites is 1. The fourth-order valence-electron chi connectivity index (χ4n) is 10.6. The summed E-state index contributed by atoms with van der Waals surface area (Å²) in [5.41, 5.74) is 21.0. The van der Waals surface area contributed by atoms with Crippen LogP contribution in [-0.4, -0.2) is 0 Å². The second-order valence-corrected chi connectivity index (χ2v) is 18.1. The lowest BCUT2D eigenvalue weighted by atomic mass is 9.82. The van der Waals surface area contributed by atoms with E-state index in [0.29, 0.717) is 0 Å². The Kier molecular flexibility index (Phi) is 8.56. The van der Waals surface area contributed by atoms with Crippen molar-refractivity contribution >= 4 is 60.9 Å². The molecule has 0 radical (unpaired) electrons. The molecule has 0 spiro atoms. The fraction of sp³-hybridized carbons (Fsp3) is 0.0476. The summed E-state index contributed by atoms with van der Waals surface area (Å²) >= 11 is 0. The third kappa shape index (κ3) is 6.04. The van der Waals surface area contributed by atoms with Gasteiger partial charge < -0.3 is 13.7 Å². The highest BCUT2D eigenvalue weighted by Crippen LogP contribution is 2.51. The van der Waals surface area contributed by atoms with E-state index < -0.39 is 0 Å². The second-order valence-electron chi connectivity index (χ2n) is 18.1. The van der Waals surface area contributed by atoms with Crippen LogP contribution < -0.4 is 4.90 Å². The van der Waals surface area contributed by atoms with Crippen LogP contribution in [0.1, 0.15) is 25.0 Å². The lowest BCUT2D eigenvalue weighted by Gasteiger charge is -2.28. The molecule has 2 aromatic heterocycles. The summed E-state index contributed by atoms with van der Waals surface area (Å²) in [4.78, 5) is 2.39. The lowest BCUT2D eigenvalue weighted by molar-refractivity contribution is 0.660. The van der Waals surface area contributed by atoms with E-state index >= 15 is 0 Å². The molecule has 0 bridgehead atoms. The molecule has 2 heterocycles. The van der Waals surface area contributed by atoms with Gasteiger partial charge in [0.25, 0.3) is 0 Å². The number of benzene rings is 10. The summed E-state index contributed by atoms with van der Waals surface area (Å²) in [5, 5.41) is 4.22. The van der Waals surface area contributed by atoms with Crippen molar-refractivity contribution in [3.63, 3.8) is 0 Å². The van der Waals surface area contributed by atoms with Gasteiger partial charge in [-0.25, -0.2) is 0 Å². The van der Waals surface area contributed by atoms with Crippen LogP contribution in [0.25, 0.3) is 99.5 Å². The van der Waals surface area contributed by atoms with Gasteiger partial charge in [-0.15, -0.1) is 0 Å². The number of hydrogen-bond acceptors (Lipinski definition) is 3. The van der Waals surface area contributed by atoms with Crippen LogP contribution in [-0.2, 0) is 5.41 Å². The Labute approximate surface area is 383 Å². The van der Waals surface area contributed by atoms with Gasteiger partial charge in [0, 0.05) is 49.6 Å². The molecule has 0 saturated carbocycles. The van der Waals surface area contributed by atoms with Crippen LogP contribution in [0.15, 0.2) is 233 Å². The highest BCUT2D eigenvalue weighted by Gasteiger charge is 2.35. The first-order valence-electron chi connectivity index (χ1n) is 22.7. The van der Waals surface area contributed by atoms with Crippen LogP contribution in [0, 0.1) is 0 Å². The second kappa shape index (κ2) is 14.8. The molecule has 3 nitrogen and oxygen atoms in total. The maximum Gasteiger partial charge on any atom is 0.144 e. The van der Waals surface area contributed by atoms with E-state index in [1.807, 2.05) is 12.1 Å². The highest BCUT2D eigenvalue weighted by atomic mass is 16.3. The third-order valence-electron chi connectivity index (χ3n) is 13.9. The van der Waals surface area contributed by atoms with Gasteiger partial charge in [0.15, 0.2) is 0 Å². The average Bonchev–Trinajstić information content (AvgIpc) is 4.01. The van der Waals surface area contributed by atoms with Crippen molar-refractivity contribution in [3.05, 3.63) is 236 Å². The normalized spacial score (nSPS) is 12.8. The molecular weight excluding hydrogens is 803 g/mol. The minimum atomic E-state index is -0.117. The Hall–Kier alpha value is -8.40. The summed E-state index contributed by atoms with van der Waals surface area (Å²) in [6, 6.07) is 80.7. The molecule has 1 aliphatic rings. The number of fused-ring (bicyclic) bond motifs is 9. The molecule has 66 heavy (non-hydrogen) atoms. The van der Waals surface area contributed by atoms with E-state index in [9.17, 15) is 0 Å². The zero-order valence-electron chi connectivity index (χ0n) is 36.6. The van der Waals surface area contributed by atoms with Crippen LogP contribution >= 0.6 is 0 Å². The molecule has 3 heteroatoms. The van der Waals surface area contributed by atoms with Crippen molar-refractivity contribution in [1.29, 1.82) is 0 Å². The van der Waals surface area contributed by atoms with E-state index in [4.69, 9.17) is 8.83 Å². The molecule has 312 valence electrons. The Morgan fingerprint density at radius 2 is 0.879 bits per heavy atom. The number of nitrogens with zero attached hydrogens (tertiary/aromatic N) is 1. The average molecular weight is 846 g/mol. The summed E-state index contributed by atoms with van der Waals surface area (Å²) in [6.45, 7) is 4.69. The first-order chi connectivity index (χ1) is 32.5. The third-order valence-corrected chi connectivity index (χ3v) is 13.9. The predicted octanol–water partition coefficient (Wildman–Crippen LogP) is 17.9. The largest absolute Gasteiger partial charge is 0.456 e. The molecule has 0 N–H and O–H groups in total. The first kappa shape index (κ1) is 38.1.